The van der Waals surface area contributed by atoms with Crippen molar-refractivity contribution in [1.29, 1.82) is 0 Å². The van der Waals surface area contributed by atoms with Crippen molar-refractivity contribution < 1.29 is 23.9 Å². The Kier molecular flexibility index (Phi) is 7.31. The number of imide groups is 1. The first-order valence-electron chi connectivity index (χ1n) is 10.6. The number of aryl methyl sites for hydroxylation is 1. The lowest BCUT2D eigenvalue weighted by Crippen LogP contribution is -2.34. The average Bonchev–Trinajstić information content (AvgIpc) is 3.04. The summed E-state index contributed by atoms with van der Waals surface area (Å²) in [7, 11) is 0. The van der Waals surface area contributed by atoms with Crippen LogP contribution in [0.5, 0.6) is 0 Å². The summed E-state index contributed by atoms with van der Waals surface area (Å²) < 4.78 is 5.99. The van der Waals surface area contributed by atoms with Crippen LogP contribution in [0.2, 0.25) is 0 Å². The van der Waals surface area contributed by atoms with Gasteiger partial charge in [0.1, 0.15) is 0 Å². The summed E-state index contributed by atoms with van der Waals surface area (Å²) >= 11 is 15.8. The molecule has 0 bridgehead atoms. The Morgan fingerprint density at radius 1 is 1.03 bits per heavy atom. The van der Waals surface area contributed by atoms with Gasteiger partial charge < -0.3 is 10.1 Å². The van der Waals surface area contributed by atoms with Gasteiger partial charge in [-0.15, -0.1) is 23.2 Å². The lowest BCUT2D eigenvalue weighted by atomic mass is 9.80. The predicted molar refractivity (Wildman–Crippen MR) is 132 cm³/mol. The molecule has 0 radical (unpaired) electrons. The molecule has 7 nitrogen and oxygen atoms in total. The summed E-state index contributed by atoms with van der Waals surface area (Å²) in [6, 6.07) is 11.3. The van der Waals surface area contributed by atoms with Crippen LogP contribution >= 0.6 is 39.1 Å². The van der Waals surface area contributed by atoms with Gasteiger partial charge in [-0.25, -0.2) is 4.79 Å². The van der Waals surface area contributed by atoms with Crippen molar-refractivity contribution in [3.05, 3.63) is 58.1 Å². The maximum atomic E-state index is 12.9. The molecule has 4 atom stereocenters. The number of carbonyl (C=O) groups excluding carboxylic acids is 4. The third kappa shape index (κ3) is 4.99. The first kappa shape index (κ1) is 24.7. The monoisotopic (exact) mass is 566 g/mol. The fraction of sp³-hybridized carbons (Fsp3) is 0.333. The van der Waals surface area contributed by atoms with Gasteiger partial charge in [-0.2, -0.15) is 0 Å². The first-order valence-corrected chi connectivity index (χ1v) is 12.3. The van der Waals surface area contributed by atoms with Crippen molar-refractivity contribution in [1.82, 2.24) is 0 Å². The van der Waals surface area contributed by atoms with Crippen LogP contribution < -0.4 is 10.2 Å². The molecule has 4 rings (SSSR count). The number of alkyl halides is 2. The minimum atomic E-state index is -0.697. The van der Waals surface area contributed by atoms with Crippen LogP contribution in [0.3, 0.4) is 0 Å². The third-order valence-corrected chi connectivity index (χ3v) is 7.66. The molecule has 178 valence electrons. The number of esters is 1. The third-order valence-electron chi connectivity index (χ3n) is 6.07. The summed E-state index contributed by atoms with van der Waals surface area (Å²) in [5.74, 6) is -2.75. The van der Waals surface area contributed by atoms with Gasteiger partial charge in [-0.05, 0) is 67.8 Å². The Bertz CT molecular complexity index is 1130. The van der Waals surface area contributed by atoms with Gasteiger partial charge in [0.15, 0.2) is 6.61 Å². The standard InChI is InChI=1S/C24H21BrCl2N2O5/c1-12-8-14(25)4-7-20(12)28-21(30)11-34-24(33)13-2-5-15(6-3-13)29-22(31)16-9-18(26)19(27)10-17(16)23(29)32/h2-8,16-19H,9-11H2,1H3,(H,28,30)/t16-,17+,18-,19-/m0/s1. The molecule has 2 aromatic rings. The number of benzene rings is 2. The molecule has 1 N–H and O–H groups in total. The molecule has 2 aromatic carbocycles. The van der Waals surface area contributed by atoms with Crippen molar-refractivity contribution in [3.8, 4) is 0 Å². The van der Waals surface area contributed by atoms with Crippen LogP contribution in [0.15, 0.2) is 46.9 Å². The smallest absolute Gasteiger partial charge is 0.338 e. The van der Waals surface area contributed by atoms with Crippen LogP contribution in [0.25, 0.3) is 0 Å². The zero-order chi connectivity index (χ0) is 24.6. The molecule has 3 amide bonds. The number of nitrogens with zero attached hydrogens (tertiary/aromatic N) is 1. The van der Waals surface area contributed by atoms with Gasteiger partial charge in [0.05, 0.1) is 33.8 Å². The molecule has 2 fully saturated rings. The number of anilines is 2. The SMILES string of the molecule is Cc1cc(Br)ccc1NC(=O)COC(=O)c1ccc(N2C(=O)[C@H]3C[C@H](Cl)[C@@H](Cl)C[C@H]3C2=O)cc1. The molecule has 1 aliphatic carbocycles. The summed E-state index contributed by atoms with van der Waals surface area (Å²) in [5.41, 5.74) is 2.03. The zero-order valence-electron chi connectivity index (χ0n) is 18.1. The van der Waals surface area contributed by atoms with Crippen molar-refractivity contribution in [3.63, 3.8) is 0 Å². The van der Waals surface area contributed by atoms with Crippen LogP contribution in [0.4, 0.5) is 11.4 Å². The second-order valence-electron chi connectivity index (χ2n) is 8.36. The van der Waals surface area contributed by atoms with E-state index in [4.69, 9.17) is 27.9 Å². The van der Waals surface area contributed by atoms with Crippen LogP contribution in [-0.2, 0) is 19.1 Å². The number of amides is 3. The van der Waals surface area contributed by atoms with Gasteiger partial charge in [0, 0.05) is 10.2 Å². The molecule has 1 aliphatic heterocycles. The highest BCUT2D eigenvalue weighted by Gasteiger charge is 2.52. The van der Waals surface area contributed by atoms with Crippen molar-refractivity contribution in [2.45, 2.75) is 30.5 Å². The fourth-order valence-electron chi connectivity index (χ4n) is 4.26. The lowest BCUT2D eigenvalue weighted by molar-refractivity contribution is -0.122. The van der Waals surface area contributed by atoms with E-state index >= 15 is 0 Å². The van der Waals surface area contributed by atoms with Crippen molar-refractivity contribution >= 4 is 74.2 Å². The molecule has 0 spiro atoms. The molecular weight excluding hydrogens is 547 g/mol. The Hall–Kier alpha value is -2.42. The van der Waals surface area contributed by atoms with E-state index in [0.29, 0.717) is 24.2 Å². The number of hydrogen-bond donors (Lipinski definition) is 1. The van der Waals surface area contributed by atoms with Gasteiger partial charge >= 0.3 is 5.97 Å². The number of fused-ring (bicyclic) bond motifs is 1. The van der Waals surface area contributed by atoms with E-state index < -0.39 is 30.3 Å². The second kappa shape index (κ2) is 10.1. The Balaban J connectivity index is 1.37. The molecule has 1 saturated carbocycles. The van der Waals surface area contributed by atoms with Crippen LogP contribution in [-0.4, -0.2) is 41.1 Å². The second-order valence-corrected chi connectivity index (χ2v) is 10.4. The number of halogens is 3. The zero-order valence-corrected chi connectivity index (χ0v) is 21.2. The van der Waals surface area contributed by atoms with E-state index in [2.05, 4.69) is 21.2 Å². The number of rotatable bonds is 5. The minimum Gasteiger partial charge on any atom is -0.452 e. The molecule has 1 heterocycles. The lowest BCUT2D eigenvalue weighted by Gasteiger charge is -2.28. The number of nitrogens with one attached hydrogen (secondary N) is 1. The molecule has 10 heteroatoms. The Morgan fingerprint density at radius 2 is 1.62 bits per heavy atom. The predicted octanol–water partition coefficient (Wildman–Crippen LogP) is 4.67. The summed E-state index contributed by atoms with van der Waals surface area (Å²) in [4.78, 5) is 51.4. The Morgan fingerprint density at radius 3 is 2.18 bits per heavy atom. The number of hydrogen-bond acceptors (Lipinski definition) is 5. The number of carbonyl (C=O) groups is 4. The van der Waals surface area contributed by atoms with Gasteiger partial charge in [-0.1, -0.05) is 15.9 Å². The normalized spacial score (nSPS) is 24.1. The van der Waals surface area contributed by atoms with E-state index in [1.54, 1.807) is 12.1 Å². The highest BCUT2D eigenvalue weighted by Crippen LogP contribution is 2.43. The maximum Gasteiger partial charge on any atom is 0.338 e. The van der Waals surface area contributed by atoms with Gasteiger partial charge in [-0.3, -0.25) is 19.3 Å². The highest BCUT2D eigenvalue weighted by molar-refractivity contribution is 9.10. The Labute approximate surface area is 214 Å². The van der Waals surface area contributed by atoms with Crippen LogP contribution in [0, 0.1) is 18.8 Å². The molecule has 0 aromatic heterocycles. The maximum absolute atomic E-state index is 12.9. The van der Waals surface area contributed by atoms with E-state index in [0.717, 1.165) is 14.9 Å². The van der Waals surface area contributed by atoms with Crippen LogP contribution in [0.1, 0.15) is 28.8 Å². The molecule has 0 unspecified atom stereocenters. The minimum absolute atomic E-state index is 0.189. The first-order chi connectivity index (χ1) is 16.2. The molecule has 34 heavy (non-hydrogen) atoms. The molecular formula is C24H21BrCl2N2O5. The highest BCUT2D eigenvalue weighted by atomic mass is 79.9. The average molecular weight is 568 g/mol. The summed E-state index contributed by atoms with van der Waals surface area (Å²) in [6.07, 6.45) is 0.710. The van der Waals surface area contributed by atoms with Gasteiger partial charge in [0.25, 0.3) is 5.91 Å². The molecule has 1 saturated heterocycles. The quantitative estimate of drug-likeness (QED) is 0.322. The molecule has 2 aliphatic rings. The van der Waals surface area contributed by atoms with Crippen molar-refractivity contribution in [2.24, 2.45) is 11.8 Å². The summed E-state index contributed by atoms with van der Waals surface area (Å²) in [5, 5.41) is 1.97. The van der Waals surface area contributed by atoms with Gasteiger partial charge in [0.2, 0.25) is 11.8 Å². The van der Waals surface area contributed by atoms with E-state index in [-0.39, 0.29) is 28.1 Å². The van der Waals surface area contributed by atoms with E-state index in [1.807, 2.05) is 13.0 Å². The summed E-state index contributed by atoms with van der Waals surface area (Å²) in [6.45, 7) is 1.39. The van der Waals surface area contributed by atoms with E-state index in [1.165, 1.54) is 24.3 Å². The fourth-order valence-corrected chi connectivity index (χ4v) is 5.33. The van der Waals surface area contributed by atoms with E-state index in [9.17, 15) is 19.2 Å². The largest absolute Gasteiger partial charge is 0.452 e. The van der Waals surface area contributed by atoms with Crippen molar-refractivity contribution in [2.75, 3.05) is 16.8 Å². The topological polar surface area (TPSA) is 92.8 Å². The number of ether oxygens (including phenoxy) is 1.